The molecule has 0 radical (unpaired) electrons. The summed E-state index contributed by atoms with van der Waals surface area (Å²) in [6.45, 7) is 5.29. The molecule has 38 heavy (non-hydrogen) atoms. The predicted molar refractivity (Wildman–Crippen MR) is 142 cm³/mol. The number of hydrogen-bond donors (Lipinski definition) is 1. The van der Waals surface area contributed by atoms with Crippen LogP contribution in [0.15, 0.2) is 60.7 Å². The highest BCUT2D eigenvalue weighted by molar-refractivity contribution is 6.00. The zero-order chi connectivity index (χ0) is 26.2. The van der Waals surface area contributed by atoms with E-state index in [9.17, 15) is 4.79 Å². The number of hydrogen-bond acceptors (Lipinski definition) is 6. The molecular formula is C30H29N3O5. The van der Waals surface area contributed by atoms with Crippen LogP contribution in [-0.4, -0.2) is 41.5 Å². The summed E-state index contributed by atoms with van der Waals surface area (Å²) in [6.07, 6.45) is 0.892. The third-order valence-corrected chi connectivity index (χ3v) is 6.94. The number of carbonyl (C=O) groups is 1. The maximum atomic E-state index is 13.8. The van der Waals surface area contributed by atoms with Crippen molar-refractivity contribution < 1.29 is 23.7 Å². The van der Waals surface area contributed by atoms with Gasteiger partial charge in [0.05, 0.1) is 25.5 Å². The molecule has 1 unspecified atom stereocenters. The number of fused-ring (bicyclic) bond motifs is 2. The lowest BCUT2D eigenvalue weighted by Gasteiger charge is -2.27. The van der Waals surface area contributed by atoms with Crippen LogP contribution in [-0.2, 0) is 6.54 Å². The minimum Gasteiger partial charge on any atom is -0.493 e. The number of aromatic amines is 1. The summed E-state index contributed by atoms with van der Waals surface area (Å²) in [5, 5.41) is 7.62. The van der Waals surface area contributed by atoms with Crippen LogP contribution < -0.4 is 18.9 Å². The van der Waals surface area contributed by atoms with Crippen molar-refractivity contribution in [2.45, 2.75) is 32.9 Å². The van der Waals surface area contributed by atoms with E-state index in [1.54, 1.807) is 7.11 Å². The molecule has 1 amide bonds. The summed E-state index contributed by atoms with van der Waals surface area (Å²) in [6, 6.07) is 19.4. The van der Waals surface area contributed by atoms with Gasteiger partial charge in [0.2, 0.25) is 6.79 Å². The molecule has 0 spiro atoms. The maximum Gasteiger partial charge on any atom is 0.273 e. The minimum absolute atomic E-state index is 0.112. The van der Waals surface area contributed by atoms with E-state index in [4.69, 9.17) is 18.9 Å². The average molecular weight is 512 g/mol. The quantitative estimate of drug-likeness (QED) is 0.329. The number of nitrogens with one attached hydrogen (secondary N) is 1. The zero-order valence-corrected chi connectivity index (χ0v) is 21.6. The van der Waals surface area contributed by atoms with Gasteiger partial charge in [0.25, 0.3) is 5.91 Å². The van der Waals surface area contributed by atoms with Crippen molar-refractivity contribution in [3.05, 3.63) is 88.6 Å². The van der Waals surface area contributed by atoms with Crippen molar-refractivity contribution >= 4 is 5.91 Å². The molecule has 0 fully saturated rings. The second kappa shape index (κ2) is 9.78. The molecule has 3 heterocycles. The first-order chi connectivity index (χ1) is 18.6. The molecule has 0 saturated carbocycles. The topological polar surface area (TPSA) is 85.9 Å². The first-order valence-corrected chi connectivity index (χ1v) is 12.7. The summed E-state index contributed by atoms with van der Waals surface area (Å²) in [4.78, 5) is 15.7. The molecule has 2 aliphatic heterocycles. The number of methoxy groups -OCH3 is 1. The highest BCUT2D eigenvalue weighted by Gasteiger charge is 2.42. The number of amides is 1. The van der Waals surface area contributed by atoms with Gasteiger partial charge in [-0.05, 0) is 48.7 Å². The lowest BCUT2D eigenvalue weighted by atomic mass is 9.95. The van der Waals surface area contributed by atoms with Gasteiger partial charge in [-0.3, -0.25) is 9.89 Å². The Balaban J connectivity index is 1.45. The number of aryl methyl sites for hydroxylation is 1. The van der Waals surface area contributed by atoms with Crippen molar-refractivity contribution in [2.24, 2.45) is 0 Å². The van der Waals surface area contributed by atoms with Gasteiger partial charge in [0.15, 0.2) is 23.0 Å². The van der Waals surface area contributed by atoms with Gasteiger partial charge in [-0.2, -0.15) is 5.10 Å². The second-order valence-corrected chi connectivity index (χ2v) is 9.51. The van der Waals surface area contributed by atoms with Crippen LogP contribution in [0.25, 0.3) is 11.3 Å². The van der Waals surface area contributed by atoms with Crippen LogP contribution in [0.4, 0.5) is 0 Å². The Morgan fingerprint density at radius 3 is 2.63 bits per heavy atom. The molecule has 3 aromatic carbocycles. The first kappa shape index (κ1) is 23.9. The molecule has 4 aromatic rings. The van der Waals surface area contributed by atoms with E-state index in [-0.39, 0.29) is 18.7 Å². The van der Waals surface area contributed by atoms with Gasteiger partial charge in [-0.25, -0.2) is 0 Å². The summed E-state index contributed by atoms with van der Waals surface area (Å²) in [7, 11) is 1.63. The molecule has 1 N–H and O–H groups in total. The Morgan fingerprint density at radius 2 is 1.84 bits per heavy atom. The zero-order valence-electron chi connectivity index (χ0n) is 21.6. The molecule has 8 heteroatoms. The Morgan fingerprint density at radius 1 is 1.03 bits per heavy atom. The highest BCUT2D eigenvalue weighted by atomic mass is 16.7. The maximum absolute atomic E-state index is 13.8. The Hall–Kier alpha value is -4.46. The molecule has 194 valence electrons. The van der Waals surface area contributed by atoms with Crippen molar-refractivity contribution in [1.29, 1.82) is 0 Å². The van der Waals surface area contributed by atoms with Crippen LogP contribution in [0.5, 0.6) is 23.0 Å². The summed E-state index contributed by atoms with van der Waals surface area (Å²) in [5.41, 5.74) is 6.07. The van der Waals surface area contributed by atoms with E-state index in [0.29, 0.717) is 41.8 Å². The molecule has 8 nitrogen and oxygen atoms in total. The fourth-order valence-electron chi connectivity index (χ4n) is 5.06. The fraction of sp³-hybridized carbons (Fsp3) is 0.267. The largest absolute Gasteiger partial charge is 0.493 e. The van der Waals surface area contributed by atoms with Gasteiger partial charge in [-0.15, -0.1) is 0 Å². The smallest absolute Gasteiger partial charge is 0.273 e. The molecule has 0 bridgehead atoms. The summed E-state index contributed by atoms with van der Waals surface area (Å²) in [5.74, 6) is 2.59. The fourth-order valence-corrected chi connectivity index (χ4v) is 5.06. The number of carbonyl (C=O) groups excluding carboxylic acids is 1. The molecule has 0 saturated heterocycles. The summed E-state index contributed by atoms with van der Waals surface area (Å²) >= 11 is 0. The Labute approximate surface area is 221 Å². The molecule has 1 atom stereocenters. The van der Waals surface area contributed by atoms with Crippen LogP contribution in [0.3, 0.4) is 0 Å². The molecule has 1 aromatic heterocycles. The Kier molecular flexibility index (Phi) is 6.15. The van der Waals surface area contributed by atoms with Gasteiger partial charge < -0.3 is 23.8 Å². The Bertz CT molecular complexity index is 1490. The number of ether oxygens (including phenoxy) is 4. The van der Waals surface area contributed by atoms with E-state index >= 15 is 0 Å². The van der Waals surface area contributed by atoms with Crippen LogP contribution in [0.1, 0.15) is 52.1 Å². The number of aromatic nitrogens is 2. The number of rotatable bonds is 8. The van der Waals surface area contributed by atoms with E-state index in [1.807, 2.05) is 60.4 Å². The molecule has 6 rings (SSSR count). The van der Waals surface area contributed by atoms with Gasteiger partial charge in [0, 0.05) is 17.7 Å². The third-order valence-electron chi connectivity index (χ3n) is 6.94. The van der Waals surface area contributed by atoms with E-state index in [2.05, 4.69) is 29.3 Å². The highest BCUT2D eigenvalue weighted by Crippen LogP contribution is 2.45. The van der Waals surface area contributed by atoms with E-state index in [1.165, 1.54) is 0 Å². The number of benzene rings is 3. The molecule has 2 aliphatic rings. The van der Waals surface area contributed by atoms with Gasteiger partial charge >= 0.3 is 0 Å². The van der Waals surface area contributed by atoms with Crippen molar-refractivity contribution in [3.63, 3.8) is 0 Å². The average Bonchev–Trinajstić information content (AvgIpc) is 3.64. The number of nitrogens with zero attached hydrogens (tertiary/aromatic N) is 2. The van der Waals surface area contributed by atoms with Gasteiger partial charge in [-0.1, -0.05) is 48.9 Å². The van der Waals surface area contributed by atoms with Crippen molar-refractivity contribution in [3.8, 4) is 34.3 Å². The third kappa shape index (κ3) is 4.12. The van der Waals surface area contributed by atoms with Gasteiger partial charge in [0.1, 0.15) is 5.69 Å². The van der Waals surface area contributed by atoms with E-state index < -0.39 is 0 Å². The van der Waals surface area contributed by atoms with E-state index in [0.717, 1.165) is 39.9 Å². The molecular weight excluding hydrogens is 482 g/mol. The SMILES string of the molecule is CCCOc1ccc(C2c3c(-c4ccc(C)cc4)n[nH]c3C(=O)N2Cc2ccc3c(c2)OCO3)cc1OC. The lowest BCUT2D eigenvalue weighted by molar-refractivity contribution is 0.0729. The normalized spacial score (nSPS) is 15.6. The first-order valence-electron chi connectivity index (χ1n) is 12.7. The second-order valence-electron chi connectivity index (χ2n) is 9.51. The number of H-pyrrole nitrogens is 1. The van der Waals surface area contributed by atoms with Crippen LogP contribution in [0, 0.1) is 6.92 Å². The monoisotopic (exact) mass is 511 g/mol. The van der Waals surface area contributed by atoms with Crippen LogP contribution >= 0.6 is 0 Å². The van der Waals surface area contributed by atoms with Crippen LogP contribution in [0.2, 0.25) is 0 Å². The lowest BCUT2D eigenvalue weighted by Crippen LogP contribution is -2.29. The molecule has 0 aliphatic carbocycles. The summed E-state index contributed by atoms with van der Waals surface area (Å²) < 4.78 is 22.6. The minimum atomic E-state index is -0.382. The standard InChI is InChI=1S/C30H29N3O5/c1-4-13-36-22-12-10-21(15-24(22)35-3)29-26-27(20-8-5-18(2)6-9-20)31-32-28(26)30(34)33(29)16-19-7-11-23-25(14-19)38-17-37-23/h5-12,14-15,29H,4,13,16-17H2,1-3H3,(H,31,32). The van der Waals surface area contributed by atoms with Crippen molar-refractivity contribution in [1.82, 2.24) is 15.1 Å². The van der Waals surface area contributed by atoms with Crippen molar-refractivity contribution in [2.75, 3.05) is 20.5 Å². The predicted octanol–water partition coefficient (Wildman–Crippen LogP) is 5.66.